The van der Waals surface area contributed by atoms with E-state index in [0.717, 1.165) is 18.5 Å². The van der Waals surface area contributed by atoms with Crippen molar-refractivity contribution in [2.24, 2.45) is 0 Å². The third-order valence-corrected chi connectivity index (χ3v) is 4.36. The third-order valence-electron chi connectivity index (χ3n) is 4.36. The number of aliphatic hydroxyl groups excluding tert-OH is 1. The first kappa shape index (κ1) is 15.6. The van der Waals surface area contributed by atoms with Gasteiger partial charge in [-0.3, -0.25) is 4.79 Å². The van der Waals surface area contributed by atoms with E-state index in [9.17, 15) is 4.79 Å². The second kappa shape index (κ2) is 7.29. The van der Waals surface area contributed by atoms with Crippen molar-refractivity contribution in [2.45, 2.75) is 31.2 Å². The van der Waals surface area contributed by atoms with Crippen molar-refractivity contribution >= 4 is 17.3 Å². The van der Waals surface area contributed by atoms with E-state index in [4.69, 9.17) is 5.11 Å². The monoisotopic (exact) mass is 310 g/mol. The van der Waals surface area contributed by atoms with E-state index in [2.05, 4.69) is 41.0 Å². The summed E-state index contributed by atoms with van der Waals surface area (Å²) >= 11 is 0. The van der Waals surface area contributed by atoms with Crippen LogP contribution < -0.4 is 10.6 Å². The number of anilines is 2. The number of carbonyl (C=O) groups excluding carboxylic acids is 1. The molecule has 2 aromatic carbocycles. The Kier molecular flexibility index (Phi) is 4.93. The van der Waals surface area contributed by atoms with Crippen LogP contribution in [0.2, 0.25) is 0 Å². The zero-order valence-electron chi connectivity index (χ0n) is 13.0. The molecular formula is C19H22N2O2. The van der Waals surface area contributed by atoms with Crippen LogP contribution in [0.3, 0.4) is 0 Å². The number of benzene rings is 2. The lowest BCUT2D eigenvalue weighted by Gasteiger charge is -2.16. The fourth-order valence-corrected chi connectivity index (χ4v) is 3.26. The van der Waals surface area contributed by atoms with Crippen LogP contribution in [0.5, 0.6) is 0 Å². The fourth-order valence-electron chi connectivity index (χ4n) is 3.26. The molecule has 2 aromatic rings. The van der Waals surface area contributed by atoms with Crippen LogP contribution in [0.15, 0.2) is 54.6 Å². The van der Waals surface area contributed by atoms with Crippen LogP contribution >= 0.6 is 0 Å². The number of amides is 1. The Morgan fingerprint density at radius 2 is 1.83 bits per heavy atom. The Morgan fingerprint density at radius 1 is 1.04 bits per heavy atom. The molecule has 1 fully saturated rings. The minimum absolute atomic E-state index is 0.396. The molecule has 0 aromatic heterocycles. The smallest absolute Gasteiger partial charge is 0.250 e. The summed E-state index contributed by atoms with van der Waals surface area (Å²) in [5.41, 5.74) is 3.12. The van der Waals surface area contributed by atoms with Crippen molar-refractivity contribution < 1.29 is 9.90 Å². The average Bonchev–Trinajstić information content (AvgIpc) is 3.04. The normalized spacial score (nSPS) is 20.2. The number of hydrogen-bond acceptors (Lipinski definition) is 3. The highest BCUT2D eigenvalue weighted by Crippen LogP contribution is 2.35. The summed E-state index contributed by atoms with van der Waals surface area (Å²) in [6, 6.07) is 18.8. The molecule has 0 bridgehead atoms. The maximum atomic E-state index is 11.3. The molecular weight excluding hydrogens is 288 g/mol. The molecule has 3 N–H and O–H groups in total. The van der Waals surface area contributed by atoms with Crippen LogP contribution in [0.25, 0.3) is 0 Å². The van der Waals surface area contributed by atoms with Crippen molar-refractivity contribution in [3.63, 3.8) is 0 Å². The summed E-state index contributed by atoms with van der Waals surface area (Å²) in [7, 11) is 0. The van der Waals surface area contributed by atoms with Crippen molar-refractivity contribution in [1.29, 1.82) is 0 Å². The molecule has 4 nitrogen and oxygen atoms in total. The van der Waals surface area contributed by atoms with Gasteiger partial charge in [0, 0.05) is 17.4 Å². The van der Waals surface area contributed by atoms with Gasteiger partial charge in [0.2, 0.25) is 5.91 Å². The predicted octanol–water partition coefficient (Wildman–Crippen LogP) is 3.37. The molecule has 0 saturated heterocycles. The lowest BCUT2D eigenvalue weighted by Crippen LogP contribution is -2.17. The molecule has 0 heterocycles. The van der Waals surface area contributed by atoms with E-state index in [1.807, 2.05) is 24.3 Å². The van der Waals surface area contributed by atoms with E-state index in [0.29, 0.717) is 17.6 Å². The van der Waals surface area contributed by atoms with Gasteiger partial charge >= 0.3 is 0 Å². The van der Waals surface area contributed by atoms with Gasteiger partial charge in [0.1, 0.15) is 6.61 Å². The van der Waals surface area contributed by atoms with Gasteiger partial charge in [0.25, 0.3) is 0 Å². The van der Waals surface area contributed by atoms with Crippen LogP contribution in [-0.4, -0.2) is 23.7 Å². The second-order valence-corrected chi connectivity index (χ2v) is 6.05. The minimum atomic E-state index is -0.501. The fraction of sp³-hybridized carbons (Fsp3) is 0.316. The SMILES string of the molecule is O=C(CO)Nc1cccc(N[C@H]2CC[C@H](c3ccccc3)C2)c1. The van der Waals surface area contributed by atoms with Crippen LogP contribution in [0.1, 0.15) is 30.7 Å². The standard InChI is InChI=1S/C19H22N2O2/c22-13-19(23)21-17-8-4-7-16(12-17)20-18-10-9-15(11-18)14-5-2-1-3-6-14/h1-8,12,15,18,20,22H,9-11,13H2,(H,21,23)/t15-,18-/m0/s1. The maximum Gasteiger partial charge on any atom is 0.250 e. The Balaban J connectivity index is 1.60. The Hall–Kier alpha value is -2.33. The summed E-state index contributed by atoms with van der Waals surface area (Å²) in [4.78, 5) is 11.3. The molecule has 2 atom stereocenters. The van der Waals surface area contributed by atoms with Gasteiger partial charge in [-0.15, -0.1) is 0 Å². The summed E-state index contributed by atoms with van der Waals surface area (Å²) in [5, 5.41) is 15.0. The lowest BCUT2D eigenvalue weighted by molar-refractivity contribution is -0.118. The van der Waals surface area contributed by atoms with Gasteiger partial charge in [-0.1, -0.05) is 36.4 Å². The molecule has 3 rings (SSSR count). The second-order valence-electron chi connectivity index (χ2n) is 6.05. The highest BCUT2D eigenvalue weighted by Gasteiger charge is 2.25. The molecule has 0 spiro atoms. The van der Waals surface area contributed by atoms with Gasteiger partial charge < -0.3 is 15.7 Å². The van der Waals surface area contributed by atoms with Gasteiger partial charge in [-0.2, -0.15) is 0 Å². The van der Waals surface area contributed by atoms with Gasteiger partial charge in [-0.05, 0) is 48.9 Å². The highest BCUT2D eigenvalue weighted by atomic mass is 16.3. The molecule has 23 heavy (non-hydrogen) atoms. The van der Waals surface area contributed by atoms with Gasteiger partial charge in [0.05, 0.1) is 0 Å². The van der Waals surface area contributed by atoms with Crippen molar-refractivity contribution in [1.82, 2.24) is 0 Å². The van der Waals surface area contributed by atoms with Crippen molar-refractivity contribution in [3.8, 4) is 0 Å². The quantitative estimate of drug-likeness (QED) is 0.793. The van der Waals surface area contributed by atoms with Gasteiger partial charge in [-0.25, -0.2) is 0 Å². The zero-order valence-corrected chi connectivity index (χ0v) is 13.0. The molecule has 4 heteroatoms. The first-order chi connectivity index (χ1) is 11.2. The van der Waals surface area contributed by atoms with Crippen LogP contribution in [0, 0.1) is 0 Å². The Labute approximate surface area is 136 Å². The van der Waals surface area contributed by atoms with E-state index in [1.165, 1.54) is 12.0 Å². The maximum absolute atomic E-state index is 11.3. The topological polar surface area (TPSA) is 61.4 Å². The number of nitrogens with one attached hydrogen (secondary N) is 2. The number of aliphatic hydroxyl groups is 1. The zero-order chi connectivity index (χ0) is 16.1. The summed E-state index contributed by atoms with van der Waals surface area (Å²) < 4.78 is 0. The van der Waals surface area contributed by atoms with E-state index >= 15 is 0 Å². The molecule has 0 aliphatic heterocycles. The first-order valence-electron chi connectivity index (χ1n) is 8.07. The summed E-state index contributed by atoms with van der Waals surface area (Å²) in [6.45, 7) is -0.501. The van der Waals surface area contributed by atoms with Crippen LogP contribution in [0.4, 0.5) is 11.4 Å². The highest BCUT2D eigenvalue weighted by molar-refractivity contribution is 5.91. The Bertz CT molecular complexity index is 657. The molecule has 0 radical (unpaired) electrons. The van der Waals surface area contributed by atoms with Crippen LogP contribution in [-0.2, 0) is 4.79 Å². The predicted molar refractivity (Wildman–Crippen MR) is 92.6 cm³/mol. The van der Waals surface area contributed by atoms with E-state index in [-0.39, 0.29) is 0 Å². The molecule has 1 saturated carbocycles. The van der Waals surface area contributed by atoms with Crippen molar-refractivity contribution in [2.75, 3.05) is 17.2 Å². The number of hydrogen-bond donors (Lipinski definition) is 3. The molecule has 1 amide bonds. The Morgan fingerprint density at radius 3 is 2.61 bits per heavy atom. The minimum Gasteiger partial charge on any atom is -0.387 e. The molecule has 0 unspecified atom stereocenters. The average molecular weight is 310 g/mol. The number of rotatable bonds is 5. The summed E-state index contributed by atoms with van der Waals surface area (Å²) in [5.74, 6) is 0.220. The van der Waals surface area contributed by atoms with E-state index < -0.39 is 12.5 Å². The lowest BCUT2D eigenvalue weighted by atomic mass is 9.98. The molecule has 1 aliphatic rings. The van der Waals surface area contributed by atoms with Crippen molar-refractivity contribution in [3.05, 3.63) is 60.2 Å². The first-order valence-corrected chi connectivity index (χ1v) is 8.07. The molecule has 1 aliphatic carbocycles. The summed E-state index contributed by atoms with van der Waals surface area (Å²) in [6.07, 6.45) is 3.46. The third kappa shape index (κ3) is 4.11. The van der Waals surface area contributed by atoms with Gasteiger partial charge in [0.15, 0.2) is 0 Å². The number of carbonyl (C=O) groups is 1. The largest absolute Gasteiger partial charge is 0.387 e. The van der Waals surface area contributed by atoms with E-state index in [1.54, 1.807) is 0 Å². The molecule has 120 valence electrons.